The average Bonchev–Trinajstić information content (AvgIpc) is 3.17. The van der Waals surface area contributed by atoms with Gasteiger partial charge in [0.15, 0.2) is 0 Å². The van der Waals surface area contributed by atoms with Gasteiger partial charge in [-0.15, -0.1) is 0 Å². The second-order valence-electron chi connectivity index (χ2n) is 7.67. The molecule has 6 nitrogen and oxygen atoms in total. The van der Waals surface area contributed by atoms with E-state index in [2.05, 4.69) is 0 Å². The highest BCUT2D eigenvalue weighted by Crippen LogP contribution is 2.27. The Bertz CT molecular complexity index is 639. The molecule has 0 unspecified atom stereocenters. The molecule has 2 aliphatic rings. The molecular formula is C20H29N3O3. The van der Waals surface area contributed by atoms with E-state index < -0.39 is 5.41 Å². The van der Waals surface area contributed by atoms with E-state index in [9.17, 15) is 9.59 Å². The normalized spacial score (nSPS) is 24.0. The number of nitrogens with zero attached hydrogens (tertiary/aromatic N) is 2. The highest BCUT2D eigenvalue weighted by atomic mass is 16.5. The molecule has 0 saturated carbocycles. The number of hydrogen-bond donors (Lipinski definition) is 1. The Labute approximate surface area is 155 Å². The van der Waals surface area contributed by atoms with Crippen LogP contribution in [0.2, 0.25) is 0 Å². The number of benzene rings is 1. The summed E-state index contributed by atoms with van der Waals surface area (Å²) >= 11 is 0. The zero-order valence-electron chi connectivity index (χ0n) is 15.7. The lowest BCUT2D eigenvalue weighted by atomic mass is 9.83. The minimum atomic E-state index is -0.573. The molecule has 0 radical (unpaired) electrons. The summed E-state index contributed by atoms with van der Waals surface area (Å²) in [5, 5.41) is 0. The lowest BCUT2D eigenvalue weighted by Gasteiger charge is -2.39. The molecule has 2 heterocycles. The van der Waals surface area contributed by atoms with Gasteiger partial charge in [-0.25, -0.2) is 0 Å². The van der Waals surface area contributed by atoms with Gasteiger partial charge >= 0.3 is 0 Å². The number of carbonyl (C=O) groups excluding carboxylic acids is 2. The van der Waals surface area contributed by atoms with Crippen LogP contribution in [0.4, 0.5) is 0 Å². The van der Waals surface area contributed by atoms with Gasteiger partial charge in [-0.1, -0.05) is 30.3 Å². The molecule has 0 bridgehead atoms. The Morgan fingerprint density at radius 3 is 2.27 bits per heavy atom. The van der Waals surface area contributed by atoms with E-state index in [1.807, 2.05) is 54.0 Å². The summed E-state index contributed by atoms with van der Waals surface area (Å²) in [6.07, 6.45) is 1.21. The zero-order chi connectivity index (χ0) is 18.7. The highest BCUT2D eigenvalue weighted by molar-refractivity contribution is 5.88. The fourth-order valence-corrected chi connectivity index (χ4v) is 3.77. The third kappa shape index (κ3) is 3.76. The SMILES string of the molecule is CC(C)(C(=O)N1CCN(C(=O)[C@@H]2CC[C@H](CN)O2)CC1)c1ccccc1. The van der Waals surface area contributed by atoms with Gasteiger partial charge in [0.1, 0.15) is 6.10 Å². The largest absolute Gasteiger partial charge is 0.364 e. The van der Waals surface area contributed by atoms with Crippen LogP contribution in [0, 0.1) is 0 Å². The van der Waals surface area contributed by atoms with Gasteiger partial charge in [-0.2, -0.15) is 0 Å². The van der Waals surface area contributed by atoms with E-state index in [4.69, 9.17) is 10.5 Å². The van der Waals surface area contributed by atoms with Crippen LogP contribution in [0.5, 0.6) is 0 Å². The first-order valence-corrected chi connectivity index (χ1v) is 9.42. The maximum atomic E-state index is 13.0. The molecule has 26 heavy (non-hydrogen) atoms. The lowest BCUT2D eigenvalue weighted by molar-refractivity contribution is -0.148. The fourth-order valence-electron chi connectivity index (χ4n) is 3.77. The monoisotopic (exact) mass is 359 g/mol. The molecule has 0 spiro atoms. The van der Waals surface area contributed by atoms with Crippen molar-refractivity contribution in [1.82, 2.24) is 9.80 Å². The smallest absolute Gasteiger partial charge is 0.251 e. The molecule has 1 aromatic carbocycles. The summed E-state index contributed by atoms with van der Waals surface area (Å²) in [4.78, 5) is 29.3. The van der Waals surface area contributed by atoms with Crippen LogP contribution >= 0.6 is 0 Å². The van der Waals surface area contributed by atoms with Crippen LogP contribution in [-0.4, -0.2) is 66.5 Å². The van der Waals surface area contributed by atoms with E-state index in [0.717, 1.165) is 18.4 Å². The molecule has 2 saturated heterocycles. The number of ether oxygens (including phenoxy) is 1. The topological polar surface area (TPSA) is 75.9 Å². The number of rotatable bonds is 4. The van der Waals surface area contributed by atoms with Crippen molar-refractivity contribution in [2.24, 2.45) is 5.73 Å². The summed E-state index contributed by atoms with van der Waals surface area (Å²) in [6.45, 7) is 6.62. The van der Waals surface area contributed by atoms with E-state index >= 15 is 0 Å². The molecule has 2 amide bonds. The van der Waals surface area contributed by atoms with Gasteiger partial charge in [-0.3, -0.25) is 9.59 Å². The Balaban J connectivity index is 1.56. The van der Waals surface area contributed by atoms with Crippen molar-refractivity contribution in [1.29, 1.82) is 0 Å². The van der Waals surface area contributed by atoms with Gasteiger partial charge < -0.3 is 20.3 Å². The number of nitrogens with two attached hydrogens (primary N) is 1. The minimum Gasteiger partial charge on any atom is -0.364 e. The zero-order valence-corrected chi connectivity index (χ0v) is 15.7. The maximum absolute atomic E-state index is 13.0. The van der Waals surface area contributed by atoms with Crippen molar-refractivity contribution in [3.63, 3.8) is 0 Å². The average molecular weight is 359 g/mol. The van der Waals surface area contributed by atoms with Gasteiger partial charge in [-0.05, 0) is 32.3 Å². The first-order valence-electron chi connectivity index (χ1n) is 9.42. The molecule has 3 rings (SSSR count). The Morgan fingerprint density at radius 2 is 1.69 bits per heavy atom. The van der Waals surface area contributed by atoms with E-state index in [1.165, 1.54) is 0 Å². The maximum Gasteiger partial charge on any atom is 0.251 e. The van der Waals surface area contributed by atoms with Gasteiger partial charge in [0, 0.05) is 32.7 Å². The summed E-state index contributed by atoms with van der Waals surface area (Å²) in [5.41, 5.74) is 6.06. The molecule has 2 aliphatic heterocycles. The molecular weight excluding hydrogens is 330 g/mol. The van der Waals surface area contributed by atoms with Crippen molar-refractivity contribution in [3.05, 3.63) is 35.9 Å². The van der Waals surface area contributed by atoms with Crippen molar-refractivity contribution in [2.75, 3.05) is 32.7 Å². The number of piperazine rings is 1. The lowest BCUT2D eigenvalue weighted by Crippen LogP contribution is -2.55. The molecule has 142 valence electrons. The first kappa shape index (κ1) is 18.9. The summed E-state index contributed by atoms with van der Waals surface area (Å²) in [6, 6.07) is 9.84. The Hall–Kier alpha value is -1.92. The van der Waals surface area contributed by atoms with Crippen molar-refractivity contribution in [2.45, 2.75) is 44.3 Å². The molecule has 2 N–H and O–H groups in total. The van der Waals surface area contributed by atoms with E-state index in [1.54, 1.807) is 0 Å². The fraction of sp³-hybridized carbons (Fsp3) is 0.600. The van der Waals surface area contributed by atoms with Crippen LogP contribution in [-0.2, 0) is 19.7 Å². The molecule has 0 aromatic heterocycles. The molecule has 1 aromatic rings. The van der Waals surface area contributed by atoms with Crippen LogP contribution in [0.1, 0.15) is 32.3 Å². The highest BCUT2D eigenvalue weighted by Gasteiger charge is 2.38. The van der Waals surface area contributed by atoms with Crippen LogP contribution in [0.15, 0.2) is 30.3 Å². The quantitative estimate of drug-likeness (QED) is 0.875. The minimum absolute atomic E-state index is 0.00140. The van der Waals surface area contributed by atoms with Crippen molar-refractivity contribution < 1.29 is 14.3 Å². The predicted molar refractivity (Wildman–Crippen MR) is 99.6 cm³/mol. The number of carbonyl (C=O) groups is 2. The summed E-state index contributed by atoms with van der Waals surface area (Å²) in [5.74, 6) is 0.145. The van der Waals surface area contributed by atoms with Gasteiger partial charge in [0.05, 0.1) is 11.5 Å². The van der Waals surface area contributed by atoms with Crippen LogP contribution in [0.25, 0.3) is 0 Å². The van der Waals surface area contributed by atoms with Gasteiger partial charge in [0.2, 0.25) is 5.91 Å². The standard InChI is InChI=1S/C20H29N3O3/c1-20(2,15-6-4-3-5-7-15)19(25)23-12-10-22(11-13-23)18(24)17-9-8-16(14-21)26-17/h3-7,16-17H,8-14,21H2,1-2H3/t16-,17+/m1/s1. The molecule has 2 fully saturated rings. The molecule has 6 heteroatoms. The predicted octanol–water partition coefficient (Wildman–Crippen LogP) is 1.14. The Morgan fingerprint density at radius 1 is 1.08 bits per heavy atom. The number of hydrogen-bond acceptors (Lipinski definition) is 4. The Kier molecular flexibility index (Phi) is 5.63. The van der Waals surface area contributed by atoms with Crippen LogP contribution < -0.4 is 5.73 Å². The van der Waals surface area contributed by atoms with E-state index in [-0.39, 0.29) is 24.0 Å². The second kappa shape index (κ2) is 7.76. The molecule has 0 aliphatic carbocycles. The van der Waals surface area contributed by atoms with E-state index in [0.29, 0.717) is 32.7 Å². The first-order chi connectivity index (χ1) is 12.4. The second-order valence-corrected chi connectivity index (χ2v) is 7.67. The number of amides is 2. The summed E-state index contributed by atoms with van der Waals surface area (Å²) in [7, 11) is 0. The van der Waals surface area contributed by atoms with Crippen molar-refractivity contribution >= 4 is 11.8 Å². The van der Waals surface area contributed by atoms with Gasteiger partial charge in [0.25, 0.3) is 5.91 Å². The van der Waals surface area contributed by atoms with Crippen LogP contribution in [0.3, 0.4) is 0 Å². The summed E-state index contributed by atoms with van der Waals surface area (Å²) < 4.78 is 5.72. The van der Waals surface area contributed by atoms with Crippen molar-refractivity contribution in [3.8, 4) is 0 Å². The molecule has 2 atom stereocenters. The third-order valence-electron chi connectivity index (χ3n) is 5.55. The third-order valence-corrected chi connectivity index (χ3v) is 5.55.